The maximum Gasteiger partial charge on any atom is 0.257 e. The Morgan fingerprint density at radius 3 is 2.75 bits per heavy atom. The van der Waals surface area contributed by atoms with E-state index < -0.39 is 0 Å². The van der Waals surface area contributed by atoms with Crippen molar-refractivity contribution in [3.8, 4) is 5.75 Å². The van der Waals surface area contributed by atoms with E-state index in [-0.39, 0.29) is 11.7 Å². The number of para-hydroxylation sites is 1. The monoisotopic (exact) mass is 220 g/mol. The zero-order valence-electron chi connectivity index (χ0n) is 9.36. The molecule has 1 heterocycles. The fraction of sp³-hybridized carbons (Fsp3) is 0.417. The van der Waals surface area contributed by atoms with Crippen LogP contribution in [-0.2, 0) is 0 Å². The molecule has 1 aliphatic rings. The summed E-state index contributed by atoms with van der Waals surface area (Å²) >= 11 is 0. The van der Waals surface area contributed by atoms with Gasteiger partial charge in [-0.15, -0.1) is 0 Å². The van der Waals surface area contributed by atoms with Gasteiger partial charge in [-0.05, 0) is 18.6 Å². The van der Waals surface area contributed by atoms with Crippen LogP contribution >= 0.6 is 0 Å². The van der Waals surface area contributed by atoms with Crippen molar-refractivity contribution in [3.05, 3.63) is 29.3 Å². The van der Waals surface area contributed by atoms with Crippen LogP contribution in [-0.4, -0.2) is 42.1 Å². The number of phenolic OH excluding ortho intramolecular Hbond substituents is 1. The molecule has 4 nitrogen and oxygen atoms in total. The highest BCUT2D eigenvalue weighted by Gasteiger charge is 2.20. The lowest BCUT2D eigenvalue weighted by molar-refractivity contribution is 0.0732. The van der Waals surface area contributed by atoms with Crippen LogP contribution < -0.4 is 5.32 Å². The van der Waals surface area contributed by atoms with Crippen molar-refractivity contribution in [1.82, 2.24) is 10.2 Å². The highest BCUT2D eigenvalue weighted by atomic mass is 16.3. The highest BCUT2D eigenvalue weighted by molar-refractivity contribution is 5.97. The topological polar surface area (TPSA) is 52.6 Å². The van der Waals surface area contributed by atoms with Gasteiger partial charge in [0.1, 0.15) is 5.75 Å². The molecule has 1 saturated heterocycles. The third-order valence-electron chi connectivity index (χ3n) is 2.87. The summed E-state index contributed by atoms with van der Waals surface area (Å²) in [7, 11) is 0. The van der Waals surface area contributed by atoms with Gasteiger partial charge in [-0.2, -0.15) is 0 Å². The standard InChI is InChI=1S/C12H16N2O2/c1-9-3-2-4-10(11(9)15)12(16)14-7-5-13-6-8-14/h2-4,13,15H,5-8H2,1H3. The van der Waals surface area contributed by atoms with E-state index in [1.165, 1.54) is 0 Å². The fourth-order valence-electron chi connectivity index (χ4n) is 1.87. The van der Waals surface area contributed by atoms with Crippen LogP contribution in [0.2, 0.25) is 0 Å². The summed E-state index contributed by atoms with van der Waals surface area (Å²) in [5, 5.41) is 13.0. The van der Waals surface area contributed by atoms with E-state index in [1.54, 1.807) is 30.0 Å². The minimum absolute atomic E-state index is 0.0808. The van der Waals surface area contributed by atoms with Crippen LogP contribution in [0.1, 0.15) is 15.9 Å². The Morgan fingerprint density at radius 1 is 1.38 bits per heavy atom. The Labute approximate surface area is 94.9 Å². The molecule has 0 aliphatic carbocycles. The Bertz CT molecular complexity index is 398. The summed E-state index contributed by atoms with van der Waals surface area (Å²) in [6.45, 7) is 4.83. The molecule has 0 radical (unpaired) electrons. The number of piperazine rings is 1. The third kappa shape index (κ3) is 2.02. The Morgan fingerprint density at radius 2 is 2.06 bits per heavy atom. The molecule has 1 fully saturated rings. The maximum atomic E-state index is 12.1. The van der Waals surface area contributed by atoms with Crippen molar-refractivity contribution in [1.29, 1.82) is 0 Å². The fourth-order valence-corrected chi connectivity index (χ4v) is 1.87. The summed E-state index contributed by atoms with van der Waals surface area (Å²) in [5.74, 6) is 0.0220. The van der Waals surface area contributed by atoms with Crippen LogP contribution in [0.25, 0.3) is 0 Å². The first-order valence-electron chi connectivity index (χ1n) is 5.48. The van der Waals surface area contributed by atoms with Crippen molar-refractivity contribution >= 4 is 5.91 Å². The van der Waals surface area contributed by atoms with Gasteiger partial charge in [0.25, 0.3) is 5.91 Å². The number of nitrogens with one attached hydrogen (secondary N) is 1. The van der Waals surface area contributed by atoms with Gasteiger partial charge >= 0.3 is 0 Å². The predicted octanol–water partition coefficient (Wildman–Crippen LogP) is 0.746. The Balaban J connectivity index is 2.22. The van der Waals surface area contributed by atoms with Crippen LogP contribution in [0.15, 0.2) is 18.2 Å². The smallest absolute Gasteiger partial charge is 0.257 e. The molecule has 16 heavy (non-hydrogen) atoms. The average molecular weight is 220 g/mol. The van der Waals surface area contributed by atoms with Gasteiger partial charge in [0.05, 0.1) is 5.56 Å². The number of aryl methyl sites for hydroxylation is 1. The van der Waals surface area contributed by atoms with Crippen molar-refractivity contribution in [2.45, 2.75) is 6.92 Å². The molecule has 0 saturated carbocycles. The Kier molecular flexibility index (Phi) is 3.10. The lowest BCUT2D eigenvalue weighted by atomic mass is 10.1. The molecular formula is C12H16N2O2. The summed E-state index contributed by atoms with van der Waals surface area (Å²) in [6.07, 6.45) is 0. The lowest BCUT2D eigenvalue weighted by Crippen LogP contribution is -2.46. The average Bonchev–Trinajstić information content (AvgIpc) is 2.33. The van der Waals surface area contributed by atoms with Gasteiger partial charge in [0.15, 0.2) is 0 Å². The second-order valence-electron chi connectivity index (χ2n) is 4.01. The molecule has 0 aromatic heterocycles. The van der Waals surface area contributed by atoms with Gasteiger partial charge in [-0.1, -0.05) is 12.1 Å². The molecule has 86 valence electrons. The van der Waals surface area contributed by atoms with Gasteiger partial charge in [0.2, 0.25) is 0 Å². The maximum absolute atomic E-state index is 12.1. The summed E-state index contributed by atoms with van der Waals surface area (Å²) < 4.78 is 0. The SMILES string of the molecule is Cc1cccc(C(=O)N2CCNCC2)c1O. The van der Waals surface area contributed by atoms with Crippen molar-refractivity contribution in [2.75, 3.05) is 26.2 Å². The van der Waals surface area contributed by atoms with Crippen molar-refractivity contribution in [2.24, 2.45) is 0 Å². The molecule has 0 unspecified atom stereocenters. The van der Waals surface area contributed by atoms with E-state index in [0.29, 0.717) is 18.7 Å². The number of amides is 1. The van der Waals surface area contributed by atoms with E-state index in [9.17, 15) is 9.90 Å². The van der Waals surface area contributed by atoms with Gasteiger partial charge in [0, 0.05) is 26.2 Å². The summed E-state index contributed by atoms with van der Waals surface area (Å²) in [6, 6.07) is 5.26. The molecule has 1 amide bonds. The van der Waals surface area contributed by atoms with E-state index >= 15 is 0 Å². The molecule has 0 atom stereocenters. The molecule has 1 aromatic rings. The number of hydrogen-bond acceptors (Lipinski definition) is 3. The molecule has 1 aliphatic heterocycles. The van der Waals surface area contributed by atoms with Gasteiger partial charge < -0.3 is 15.3 Å². The quantitative estimate of drug-likeness (QED) is 0.734. The second-order valence-corrected chi connectivity index (χ2v) is 4.01. The molecule has 4 heteroatoms. The highest BCUT2D eigenvalue weighted by Crippen LogP contribution is 2.22. The molecule has 2 N–H and O–H groups in total. The molecule has 2 rings (SSSR count). The van der Waals surface area contributed by atoms with Crippen LogP contribution in [0.4, 0.5) is 0 Å². The van der Waals surface area contributed by atoms with E-state index in [2.05, 4.69) is 5.32 Å². The lowest BCUT2D eigenvalue weighted by Gasteiger charge is -2.27. The number of benzene rings is 1. The minimum atomic E-state index is -0.0808. The van der Waals surface area contributed by atoms with Gasteiger partial charge in [-0.25, -0.2) is 0 Å². The molecule has 0 bridgehead atoms. The predicted molar refractivity (Wildman–Crippen MR) is 61.6 cm³/mol. The van der Waals surface area contributed by atoms with Crippen LogP contribution in [0.3, 0.4) is 0 Å². The van der Waals surface area contributed by atoms with Crippen molar-refractivity contribution in [3.63, 3.8) is 0 Å². The Hall–Kier alpha value is -1.55. The number of nitrogens with zero attached hydrogens (tertiary/aromatic N) is 1. The zero-order valence-corrected chi connectivity index (χ0v) is 9.36. The third-order valence-corrected chi connectivity index (χ3v) is 2.87. The normalized spacial score (nSPS) is 16.2. The molecular weight excluding hydrogens is 204 g/mol. The van der Waals surface area contributed by atoms with Gasteiger partial charge in [-0.3, -0.25) is 4.79 Å². The number of phenols is 1. The number of hydrogen-bond donors (Lipinski definition) is 2. The number of rotatable bonds is 1. The summed E-state index contributed by atoms with van der Waals surface area (Å²) in [5.41, 5.74) is 1.14. The number of carbonyl (C=O) groups excluding carboxylic acids is 1. The molecule has 1 aromatic carbocycles. The first-order valence-corrected chi connectivity index (χ1v) is 5.48. The van der Waals surface area contributed by atoms with E-state index in [0.717, 1.165) is 18.7 Å². The molecule has 0 spiro atoms. The van der Waals surface area contributed by atoms with Crippen LogP contribution in [0.5, 0.6) is 5.75 Å². The minimum Gasteiger partial charge on any atom is -0.507 e. The first-order chi connectivity index (χ1) is 7.70. The van der Waals surface area contributed by atoms with E-state index in [4.69, 9.17) is 0 Å². The number of aromatic hydroxyl groups is 1. The second kappa shape index (κ2) is 4.53. The summed E-state index contributed by atoms with van der Waals surface area (Å²) in [4.78, 5) is 13.9. The largest absolute Gasteiger partial charge is 0.507 e. The van der Waals surface area contributed by atoms with Crippen molar-refractivity contribution < 1.29 is 9.90 Å². The van der Waals surface area contributed by atoms with Crippen LogP contribution in [0, 0.1) is 6.92 Å². The van der Waals surface area contributed by atoms with E-state index in [1.807, 2.05) is 0 Å². The first kappa shape index (κ1) is 11.0. The number of carbonyl (C=O) groups is 1. The zero-order chi connectivity index (χ0) is 11.5.